The molecule has 0 aromatic carbocycles. The minimum Gasteiger partial charge on any atom is -0.378 e. The van der Waals surface area contributed by atoms with Crippen molar-refractivity contribution in [3.8, 4) is 0 Å². The molecule has 2 aliphatic rings. The Balaban J connectivity index is 1.43. The second kappa shape index (κ2) is 5.86. The van der Waals surface area contributed by atoms with E-state index >= 15 is 0 Å². The Kier molecular flexibility index (Phi) is 4.45. The number of ether oxygens (including phenoxy) is 1. The van der Waals surface area contributed by atoms with Crippen LogP contribution in [0.3, 0.4) is 0 Å². The van der Waals surface area contributed by atoms with E-state index in [1.807, 2.05) is 0 Å². The molecule has 0 spiro atoms. The zero-order valence-electron chi connectivity index (χ0n) is 10.0. The lowest BCUT2D eigenvalue weighted by Crippen LogP contribution is -2.23. The van der Waals surface area contributed by atoms with Crippen LogP contribution in [0, 0.1) is 5.92 Å². The molecule has 15 heavy (non-hydrogen) atoms. The van der Waals surface area contributed by atoms with Crippen molar-refractivity contribution in [2.75, 3.05) is 13.2 Å². The van der Waals surface area contributed by atoms with Gasteiger partial charge in [0.25, 0.3) is 0 Å². The van der Waals surface area contributed by atoms with Gasteiger partial charge in [-0.2, -0.15) is 0 Å². The Morgan fingerprint density at radius 1 is 1.07 bits per heavy atom. The number of hydrogen-bond acceptors (Lipinski definition) is 2. The van der Waals surface area contributed by atoms with Gasteiger partial charge in [0, 0.05) is 12.6 Å². The third-order valence-corrected chi connectivity index (χ3v) is 3.65. The maximum absolute atomic E-state index is 5.89. The minimum absolute atomic E-state index is 0.571. The van der Waals surface area contributed by atoms with Gasteiger partial charge in [-0.3, -0.25) is 0 Å². The van der Waals surface area contributed by atoms with Gasteiger partial charge in [-0.15, -0.1) is 0 Å². The van der Waals surface area contributed by atoms with E-state index in [1.165, 1.54) is 44.9 Å². The fourth-order valence-corrected chi connectivity index (χ4v) is 2.31. The minimum atomic E-state index is 0.571. The predicted octanol–water partition coefficient (Wildman–Crippen LogP) is 2.72. The van der Waals surface area contributed by atoms with Gasteiger partial charge >= 0.3 is 0 Å². The monoisotopic (exact) mass is 211 g/mol. The number of nitrogens with one attached hydrogen (secondary N) is 1. The molecule has 0 amide bonds. The van der Waals surface area contributed by atoms with E-state index in [1.54, 1.807) is 0 Å². The Bertz CT molecular complexity index is 171. The molecule has 0 unspecified atom stereocenters. The van der Waals surface area contributed by atoms with Crippen molar-refractivity contribution in [1.29, 1.82) is 0 Å². The molecular weight excluding hydrogens is 186 g/mol. The van der Waals surface area contributed by atoms with E-state index in [0.717, 1.165) is 25.1 Å². The topological polar surface area (TPSA) is 21.3 Å². The molecule has 0 bridgehead atoms. The van der Waals surface area contributed by atoms with Crippen molar-refractivity contribution >= 4 is 0 Å². The van der Waals surface area contributed by atoms with Crippen LogP contribution < -0.4 is 5.32 Å². The lowest BCUT2D eigenvalue weighted by atomic mass is 9.89. The molecule has 0 saturated heterocycles. The SMILES string of the molecule is CC1CCC(OCCCNC2CC2)CC1. The summed E-state index contributed by atoms with van der Waals surface area (Å²) in [5.74, 6) is 0.932. The van der Waals surface area contributed by atoms with Crippen molar-refractivity contribution in [3.05, 3.63) is 0 Å². The van der Waals surface area contributed by atoms with E-state index < -0.39 is 0 Å². The Morgan fingerprint density at radius 3 is 2.47 bits per heavy atom. The molecule has 2 nitrogen and oxygen atoms in total. The first-order chi connectivity index (χ1) is 7.34. The normalized spacial score (nSPS) is 31.8. The van der Waals surface area contributed by atoms with Crippen LogP contribution in [0.15, 0.2) is 0 Å². The van der Waals surface area contributed by atoms with E-state index in [0.29, 0.717) is 6.10 Å². The largest absolute Gasteiger partial charge is 0.378 e. The smallest absolute Gasteiger partial charge is 0.0575 e. The lowest BCUT2D eigenvalue weighted by Gasteiger charge is -2.26. The Morgan fingerprint density at radius 2 is 1.80 bits per heavy atom. The summed E-state index contributed by atoms with van der Waals surface area (Å²) in [6, 6.07) is 0.848. The fourth-order valence-electron chi connectivity index (χ4n) is 2.31. The molecular formula is C13H25NO. The van der Waals surface area contributed by atoms with Crippen LogP contribution >= 0.6 is 0 Å². The molecule has 0 aromatic rings. The Labute approximate surface area is 93.8 Å². The van der Waals surface area contributed by atoms with Crippen LogP contribution in [0.1, 0.15) is 51.9 Å². The molecule has 0 aromatic heterocycles. The summed E-state index contributed by atoms with van der Waals surface area (Å²) in [7, 11) is 0. The molecule has 2 heteroatoms. The predicted molar refractivity (Wildman–Crippen MR) is 63.0 cm³/mol. The average Bonchev–Trinajstić information content (AvgIpc) is 3.04. The zero-order valence-corrected chi connectivity index (χ0v) is 10.0. The van der Waals surface area contributed by atoms with Gasteiger partial charge in [0.1, 0.15) is 0 Å². The highest BCUT2D eigenvalue weighted by Crippen LogP contribution is 2.25. The molecule has 0 aliphatic heterocycles. The average molecular weight is 211 g/mol. The number of rotatable bonds is 6. The van der Waals surface area contributed by atoms with Crippen molar-refractivity contribution in [3.63, 3.8) is 0 Å². The van der Waals surface area contributed by atoms with Crippen LogP contribution in [0.5, 0.6) is 0 Å². The highest BCUT2D eigenvalue weighted by molar-refractivity contribution is 4.80. The number of hydrogen-bond donors (Lipinski definition) is 1. The second-order valence-electron chi connectivity index (χ2n) is 5.33. The van der Waals surface area contributed by atoms with E-state index in [2.05, 4.69) is 12.2 Å². The standard InChI is InChI=1S/C13H25NO/c1-11-3-7-13(8-4-11)15-10-2-9-14-12-5-6-12/h11-14H,2-10H2,1H3. The van der Waals surface area contributed by atoms with Crippen molar-refractivity contribution in [1.82, 2.24) is 5.32 Å². The molecule has 0 heterocycles. The molecule has 2 saturated carbocycles. The van der Waals surface area contributed by atoms with Crippen LogP contribution in [-0.4, -0.2) is 25.3 Å². The van der Waals surface area contributed by atoms with E-state index in [9.17, 15) is 0 Å². The first-order valence-corrected chi connectivity index (χ1v) is 6.69. The van der Waals surface area contributed by atoms with Crippen LogP contribution in [0.2, 0.25) is 0 Å². The van der Waals surface area contributed by atoms with Crippen LogP contribution in [-0.2, 0) is 4.74 Å². The molecule has 2 fully saturated rings. The van der Waals surface area contributed by atoms with Crippen molar-refractivity contribution in [2.24, 2.45) is 5.92 Å². The summed E-state index contributed by atoms with van der Waals surface area (Å²) in [4.78, 5) is 0. The Hall–Kier alpha value is -0.0800. The summed E-state index contributed by atoms with van der Waals surface area (Å²) >= 11 is 0. The summed E-state index contributed by atoms with van der Waals surface area (Å²) in [5, 5.41) is 3.52. The van der Waals surface area contributed by atoms with Crippen LogP contribution in [0.4, 0.5) is 0 Å². The van der Waals surface area contributed by atoms with Crippen LogP contribution in [0.25, 0.3) is 0 Å². The van der Waals surface area contributed by atoms with Gasteiger partial charge in [0.05, 0.1) is 6.10 Å². The maximum Gasteiger partial charge on any atom is 0.0575 e. The first-order valence-electron chi connectivity index (χ1n) is 6.69. The summed E-state index contributed by atoms with van der Waals surface area (Å²) < 4.78 is 5.89. The summed E-state index contributed by atoms with van der Waals surface area (Å²) in [5.41, 5.74) is 0. The molecule has 1 N–H and O–H groups in total. The first kappa shape index (κ1) is 11.4. The fraction of sp³-hybridized carbons (Fsp3) is 1.00. The van der Waals surface area contributed by atoms with Crippen molar-refractivity contribution < 1.29 is 4.74 Å². The zero-order chi connectivity index (χ0) is 10.5. The van der Waals surface area contributed by atoms with Gasteiger partial charge in [-0.05, 0) is 57.4 Å². The summed E-state index contributed by atoms with van der Waals surface area (Å²) in [6.45, 7) is 4.46. The van der Waals surface area contributed by atoms with Crippen molar-refractivity contribution in [2.45, 2.75) is 64.0 Å². The highest BCUT2D eigenvalue weighted by Gasteiger charge is 2.20. The van der Waals surface area contributed by atoms with Gasteiger partial charge in [-0.1, -0.05) is 6.92 Å². The van der Waals surface area contributed by atoms with Gasteiger partial charge in [0.15, 0.2) is 0 Å². The van der Waals surface area contributed by atoms with Gasteiger partial charge in [0.2, 0.25) is 0 Å². The third-order valence-electron chi connectivity index (χ3n) is 3.65. The maximum atomic E-state index is 5.89. The molecule has 2 aliphatic carbocycles. The molecule has 0 atom stereocenters. The summed E-state index contributed by atoms with van der Waals surface area (Å²) in [6.07, 6.45) is 9.84. The van der Waals surface area contributed by atoms with Gasteiger partial charge < -0.3 is 10.1 Å². The molecule has 2 rings (SSSR count). The quantitative estimate of drug-likeness (QED) is 0.682. The lowest BCUT2D eigenvalue weighted by molar-refractivity contribution is 0.0188. The van der Waals surface area contributed by atoms with E-state index in [-0.39, 0.29) is 0 Å². The third kappa shape index (κ3) is 4.52. The van der Waals surface area contributed by atoms with Gasteiger partial charge in [-0.25, -0.2) is 0 Å². The second-order valence-corrected chi connectivity index (χ2v) is 5.33. The molecule has 0 radical (unpaired) electrons. The van der Waals surface area contributed by atoms with E-state index in [4.69, 9.17) is 4.74 Å². The highest BCUT2D eigenvalue weighted by atomic mass is 16.5. The molecule has 88 valence electrons.